The van der Waals surface area contributed by atoms with E-state index in [1.165, 1.54) is 51.4 Å². The van der Waals surface area contributed by atoms with Gasteiger partial charge in [0.15, 0.2) is 0 Å². The topological polar surface area (TPSA) is 60.2 Å². The molecular formula is C24H36N4O2. The molecule has 4 aliphatic carbocycles. The minimum Gasteiger partial charge on any atom is -0.376 e. The monoisotopic (exact) mass is 412 g/mol. The summed E-state index contributed by atoms with van der Waals surface area (Å²) in [5.41, 5.74) is 1.16. The summed E-state index contributed by atoms with van der Waals surface area (Å²) in [5.74, 6) is 3.62. The number of aromatic nitrogens is 3. The van der Waals surface area contributed by atoms with Crippen LogP contribution in [-0.2, 0) is 9.53 Å². The molecular weight excluding hydrogens is 376 g/mol. The van der Waals surface area contributed by atoms with E-state index in [0.29, 0.717) is 29.6 Å². The lowest BCUT2D eigenvalue weighted by molar-refractivity contribution is -0.131. The maximum Gasteiger partial charge on any atom is 0.222 e. The summed E-state index contributed by atoms with van der Waals surface area (Å²) in [4.78, 5) is 15.1. The van der Waals surface area contributed by atoms with Crippen molar-refractivity contribution in [3.63, 3.8) is 0 Å². The van der Waals surface area contributed by atoms with Crippen molar-refractivity contribution in [2.75, 3.05) is 19.7 Å². The summed E-state index contributed by atoms with van der Waals surface area (Å²) >= 11 is 0. The number of amides is 1. The second-order valence-corrected chi connectivity index (χ2v) is 10.9. The number of hydrogen-bond acceptors (Lipinski definition) is 4. The summed E-state index contributed by atoms with van der Waals surface area (Å²) in [6.07, 6.45) is 15.6. The Morgan fingerprint density at radius 2 is 1.77 bits per heavy atom. The van der Waals surface area contributed by atoms with Crippen LogP contribution in [0.25, 0.3) is 0 Å². The lowest BCUT2D eigenvalue weighted by Crippen LogP contribution is -2.38. The molecule has 30 heavy (non-hydrogen) atoms. The van der Waals surface area contributed by atoms with Crippen molar-refractivity contribution in [3.05, 3.63) is 11.9 Å². The largest absolute Gasteiger partial charge is 0.376 e. The number of likely N-dealkylation sites (tertiary alicyclic amines) is 1. The zero-order valence-corrected chi connectivity index (χ0v) is 18.1. The number of rotatable bonds is 7. The molecule has 6 rings (SSSR count). The summed E-state index contributed by atoms with van der Waals surface area (Å²) < 4.78 is 8.59. The van der Waals surface area contributed by atoms with Gasteiger partial charge in [-0.1, -0.05) is 18.1 Å². The fraction of sp³-hybridized carbons (Fsp3) is 0.875. The number of fused-ring (bicyclic) bond motifs is 1. The average molecular weight is 413 g/mol. The zero-order chi connectivity index (χ0) is 20.1. The first-order valence-corrected chi connectivity index (χ1v) is 12.5. The van der Waals surface area contributed by atoms with Crippen LogP contribution in [0.5, 0.6) is 0 Å². The lowest BCUT2D eigenvalue weighted by Gasteiger charge is -2.37. The molecule has 0 bridgehead atoms. The molecule has 1 amide bonds. The van der Waals surface area contributed by atoms with Crippen molar-refractivity contribution in [2.45, 2.75) is 88.7 Å². The molecule has 4 saturated carbocycles. The fourth-order valence-electron chi connectivity index (χ4n) is 6.20. The number of ether oxygens (including phenoxy) is 1. The Kier molecular flexibility index (Phi) is 5.09. The Labute approximate surface area is 179 Å². The summed E-state index contributed by atoms with van der Waals surface area (Å²) in [7, 11) is 0. The van der Waals surface area contributed by atoms with Crippen molar-refractivity contribution in [1.29, 1.82) is 0 Å². The summed E-state index contributed by atoms with van der Waals surface area (Å²) in [6.45, 7) is 2.77. The van der Waals surface area contributed by atoms with Crippen LogP contribution < -0.4 is 0 Å². The van der Waals surface area contributed by atoms with E-state index in [2.05, 4.69) is 26.1 Å². The first-order chi connectivity index (χ1) is 14.7. The first-order valence-electron chi connectivity index (χ1n) is 12.5. The average Bonchev–Trinajstić information content (AvgIpc) is 3.61. The zero-order valence-electron chi connectivity index (χ0n) is 18.1. The van der Waals surface area contributed by atoms with Gasteiger partial charge in [0.05, 0.1) is 17.8 Å². The minimum absolute atomic E-state index is 0.213. The normalized spacial score (nSPS) is 34.5. The predicted octanol–water partition coefficient (Wildman–Crippen LogP) is 3.94. The molecule has 0 aromatic carbocycles. The molecule has 6 heteroatoms. The third-order valence-corrected chi connectivity index (χ3v) is 8.48. The highest BCUT2D eigenvalue weighted by Crippen LogP contribution is 2.45. The second kappa shape index (κ2) is 7.92. The molecule has 5 aliphatic rings. The molecule has 1 aliphatic heterocycles. The number of hydrogen-bond donors (Lipinski definition) is 0. The molecule has 1 aromatic rings. The van der Waals surface area contributed by atoms with Gasteiger partial charge in [0, 0.05) is 38.2 Å². The molecule has 164 valence electrons. The predicted molar refractivity (Wildman–Crippen MR) is 113 cm³/mol. The third-order valence-electron chi connectivity index (χ3n) is 8.48. The van der Waals surface area contributed by atoms with Gasteiger partial charge in [-0.05, 0) is 75.0 Å². The molecule has 6 nitrogen and oxygen atoms in total. The molecule has 2 heterocycles. The molecule has 4 atom stereocenters. The van der Waals surface area contributed by atoms with E-state index < -0.39 is 0 Å². The van der Waals surface area contributed by atoms with Crippen LogP contribution in [0.15, 0.2) is 6.20 Å². The highest BCUT2D eigenvalue weighted by molar-refractivity contribution is 5.76. The maximum atomic E-state index is 13.0. The Hall–Kier alpha value is -1.43. The van der Waals surface area contributed by atoms with Gasteiger partial charge in [0.25, 0.3) is 0 Å². The van der Waals surface area contributed by atoms with Gasteiger partial charge in [-0.2, -0.15) is 0 Å². The van der Waals surface area contributed by atoms with Gasteiger partial charge in [0.2, 0.25) is 5.91 Å². The van der Waals surface area contributed by atoms with Crippen molar-refractivity contribution in [2.24, 2.45) is 23.7 Å². The second-order valence-electron chi connectivity index (χ2n) is 10.9. The van der Waals surface area contributed by atoms with Gasteiger partial charge < -0.3 is 9.64 Å². The molecule has 5 fully saturated rings. The molecule has 0 N–H and O–H groups in total. The molecule has 1 aromatic heterocycles. The van der Waals surface area contributed by atoms with E-state index in [9.17, 15) is 4.79 Å². The Morgan fingerprint density at radius 3 is 2.50 bits per heavy atom. The summed E-state index contributed by atoms with van der Waals surface area (Å²) in [6, 6.07) is 0.273. The van der Waals surface area contributed by atoms with Crippen molar-refractivity contribution >= 4 is 5.91 Å². The Morgan fingerprint density at radius 1 is 1.00 bits per heavy atom. The van der Waals surface area contributed by atoms with Gasteiger partial charge in [0.1, 0.15) is 0 Å². The highest BCUT2D eigenvalue weighted by atomic mass is 16.5. The van der Waals surface area contributed by atoms with E-state index in [-0.39, 0.29) is 12.1 Å². The first kappa shape index (κ1) is 19.3. The van der Waals surface area contributed by atoms with Crippen molar-refractivity contribution in [1.82, 2.24) is 19.9 Å². The van der Waals surface area contributed by atoms with Crippen LogP contribution >= 0.6 is 0 Å². The standard InChI is InChI=1S/C24H36N4O2/c29-24(9-16-3-1-2-4-16)27-12-19-10-22(28-14-21(25-26-28)18-7-8-18)23(11-20(19)13-27)30-15-17-5-6-17/h14,16-20,22-23H,1-13,15H2/t19-,20+,22-,23-/m1/s1. The maximum absolute atomic E-state index is 13.0. The Balaban J connectivity index is 1.14. The fourth-order valence-corrected chi connectivity index (χ4v) is 6.20. The molecule has 0 unspecified atom stereocenters. The lowest BCUT2D eigenvalue weighted by atomic mass is 9.77. The van der Waals surface area contributed by atoms with E-state index in [4.69, 9.17) is 4.74 Å². The van der Waals surface area contributed by atoms with E-state index in [0.717, 1.165) is 50.6 Å². The Bertz CT molecular complexity index is 765. The summed E-state index contributed by atoms with van der Waals surface area (Å²) in [5, 5.41) is 9.01. The number of carbonyl (C=O) groups is 1. The van der Waals surface area contributed by atoms with E-state index >= 15 is 0 Å². The van der Waals surface area contributed by atoms with Gasteiger partial charge in [-0.15, -0.1) is 5.10 Å². The highest BCUT2D eigenvalue weighted by Gasteiger charge is 2.45. The number of carbonyl (C=O) groups excluding carboxylic acids is 1. The van der Waals surface area contributed by atoms with Crippen molar-refractivity contribution < 1.29 is 9.53 Å². The van der Waals surface area contributed by atoms with Crippen molar-refractivity contribution in [3.8, 4) is 0 Å². The van der Waals surface area contributed by atoms with E-state index in [1.54, 1.807) is 0 Å². The smallest absolute Gasteiger partial charge is 0.222 e. The molecule has 1 saturated heterocycles. The molecule has 0 spiro atoms. The van der Waals surface area contributed by atoms with Gasteiger partial charge in [-0.25, -0.2) is 4.68 Å². The molecule has 0 radical (unpaired) electrons. The van der Waals surface area contributed by atoms with E-state index in [1.807, 2.05) is 0 Å². The van der Waals surface area contributed by atoms with Crippen LogP contribution in [0.4, 0.5) is 0 Å². The van der Waals surface area contributed by atoms with Gasteiger partial charge >= 0.3 is 0 Å². The van der Waals surface area contributed by atoms with Crippen LogP contribution in [0.3, 0.4) is 0 Å². The van der Waals surface area contributed by atoms with Crippen LogP contribution in [0, 0.1) is 23.7 Å². The van der Waals surface area contributed by atoms with Gasteiger partial charge in [-0.3, -0.25) is 4.79 Å². The van der Waals surface area contributed by atoms with Crippen LogP contribution in [-0.4, -0.2) is 51.6 Å². The van der Waals surface area contributed by atoms with Crippen LogP contribution in [0.1, 0.15) is 88.3 Å². The SMILES string of the molecule is O=C(CC1CCCC1)N1C[C@H]2C[C@@H](n3cc(C4CC4)nn3)[C@H](OCC3CC3)C[C@H]2C1. The minimum atomic E-state index is 0.213. The third kappa shape index (κ3) is 4.04. The number of nitrogens with zero attached hydrogens (tertiary/aromatic N) is 4. The quantitative estimate of drug-likeness (QED) is 0.681. The van der Waals surface area contributed by atoms with Crippen LogP contribution in [0.2, 0.25) is 0 Å².